The summed E-state index contributed by atoms with van der Waals surface area (Å²) in [6.45, 7) is 5.29. The van der Waals surface area contributed by atoms with E-state index in [1.54, 1.807) is 20.8 Å². The summed E-state index contributed by atoms with van der Waals surface area (Å²) in [5.74, 6) is -0.387. The molecular weight excluding hydrogens is 271 g/mol. The third kappa shape index (κ3) is 3.50. The number of hydrogen-bond donors (Lipinski definition) is 1. The predicted octanol–water partition coefficient (Wildman–Crippen LogP) is 3.06. The Morgan fingerprint density at radius 1 is 1.15 bits per heavy atom. The van der Waals surface area contributed by atoms with Crippen molar-refractivity contribution in [3.63, 3.8) is 0 Å². The van der Waals surface area contributed by atoms with E-state index in [9.17, 15) is 18.0 Å². The zero-order valence-electron chi connectivity index (χ0n) is 11.4. The molecule has 1 aromatic rings. The van der Waals surface area contributed by atoms with Crippen LogP contribution < -0.4 is 5.32 Å². The van der Waals surface area contributed by atoms with Gasteiger partial charge in [0.2, 0.25) is 0 Å². The molecule has 0 radical (unpaired) electrons. The summed E-state index contributed by atoms with van der Waals surface area (Å²) in [7, 11) is 0. The first-order chi connectivity index (χ1) is 9.08. The number of hydrogen-bond acceptors (Lipinski definition) is 3. The molecule has 0 bridgehead atoms. The summed E-state index contributed by atoms with van der Waals surface area (Å²) in [4.78, 5) is 11.8. The van der Waals surface area contributed by atoms with Crippen LogP contribution in [-0.4, -0.2) is 17.6 Å². The quantitative estimate of drug-likeness (QED) is 0.672. The standard InChI is InChI=1S/C14H16F3NO2/c1-13(2,3)20-12(19)11-10(18-11)8-4-6-9(7-5-8)14(15,16)17/h4-7,10-11,18H,1-3H3/t10-,11+/m1/s1. The van der Waals surface area contributed by atoms with Crippen molar-refractivity contribution in [1.82, 2.24) is 5.32 Å². The van der Waals surface area contributed by atoms with Gasteiger partial charge in [-0.25, -0.2) is 0 Å². The van der Waals surface area contributed by atoms with Gasteiger partial charge < -0.3 is 4.74 Å². The molecule has 1 fully saturated rings. The Labute approximate surface area is 115 Å². The first-order valence-corrected chi connectivity index (χ1v) is 6.24. The van der Waals surface area contributed by atoms with Gasteiger partial charge in [0.25, 0.3) is 0 Å². The van der Waals surface area contributed by atoms with E-state index in [-0.39, 0.29) is 12.0 Å². The molecule has 0 amide bonds. The highest BCUT2D eigenvalue weighted by Gasteiger charge is 2.45. The second kappa shape index (κ2) is 4.77. The number of alkyl halides is 3. The molecule has 1 aromatic carbocycles. The molecular formula is C14H16F3NO2. The van der Waals surface area contributed by atoms with Crippen molar-refractivity contribution in [1.29, 1.82) is 0 Å². The molecule has 2 atom stereocenters. The largest absolute Gasteiger partial charge is 0.459 e. The second-order valence-electron chi connectivity index (χ2n) is 5.78. The van der Waals surface area contributed by atoms with Crippen LogP contribution in [0.15, 0.2) is 24.3 Å². The van der Waals surface area contributed by atoms with Gasteiger partial charge in [0.1, 0.15) is 11.6 Å². The first-order valence-electron chi connectivity index (χ1n) is 6.24. The van der Waals surface area contributed by atoms with Crippen LogP contribution in [0, 0.1) is 0 Å². The highest BCUT2D eigenvalue weighted by atomic mass is 19.4. The summed E-state index contributed by atoms with van der Waals surface area (Å²) in [5, 5.41) is 2.91. The molecule has 6 heteroatoms. The van der Waals surface area contributed by atoms with Crippen molar-refractivity contribution >= 4 is 5.97 Å². The topological polar surface area (TPSA) is 48.2 Å². The van der Waals surface area contributed by atoms with E-state index in [4.69, 9.17) is 4.74 Å². The predicted molar refractivity (Wildman–Crippen MR) is 67.0 cm³/mol. The van der Waals surface area contributed by atoms with Crippen LogP contribution in [0.1, 0.15) is 37.9 Å². The molecule has 1 N–H and O–H groups in total. The smallest absolute Gasteiger partial charge is 0.416 e. The van der Waals surface area contributed by atoms with E-state index >= 15 is 0 Å². The lowest BCUT2D eigenvalue weighted by atomic mass is 10.1. The number of carbonyl (C=O) groups excluding carboxylic acids is 1. The van der Waals surface area contributed by atoms with Gasteiger partial charge in [-0.2, -0.15) is 13.2 Å². The molecule has 110 valence electrons. The van der Waals surface area contributed by atoms with E-state index in [2.05, 4.69) is 5.32 Å². The van der Waals surface area contributed by atoms with Crippen LogP contribution in [0.25, 0.3) is 0 Å². The van der Waals surface area contributed by atoms with Gasteiger partial charge in [-0.05, 0) is 38.5 Å². The maximum atomic E-state index is 12.4. The Bertz CT molecular complexity index is 503. The molecule has 0 spiro atoms. The Hall–Kier alpha value is -1.56. The van der Waals surface area contributed by atoms with E-state index in [0.717, 1.165) is 12.1 Å². The number of rotatable bonds is 2. The average molecular weight is 287 g/mol. The highest BCUT2D eigenvalue weighted by molar-refractivity contribution is 5.81. The number of ether oxygens (including phenoxy) is 1. The number of nitrogens with one attached hydrogen (secondary N) is 1. The second-order valence-corrected chi connectivity index (χ2v) is 5.78. The summed E-state index contributed by atoms with van der Waals surface area (Å²) in [5.41, 5.74) is -0.629. The van der Waals surface area contributed by atoms with Gasteiger partial charge in [-0.1, -0.05) is 12.1 Å². The molecule has 0 aliphatic carbocycles. The van der Waals surface area contributed by atoms with Gasteiger partial charge in [-0.3, -0.25) is 10.1 Å². The van der Waals surface area contributed by atoms with Crippen molar-refractivity contribution in [2.24, 2.45) is 0 Å². The molecule has 0 aromatic heterocycles. The fourth-order valence-corrected chi connectivity index (χ4v) is 1.88. The van der Waals surface area contributed by atoms with Crippen molar-refractivity contribution in [3.8, 4) is 0 Å². The summed E-state index contributed by atoms with van der Waals surface area (Å²) in [6.07, 6.45) is -4.35. The lowest BCUT2D eigenvalue weighted by molar-refractivity contribution is -0.154. The minimum absolute atomic E-state index is 0.271. The van der Waals surface area contributed by atoms with Gasteiger partial charge in [-0.15, -0.1) is 0 Å². The van der Waals surface area contributed by atoms with E-state index in [0.29, 0.717) is 5.56 Å². The van der Waals surface area contributed by atoms with Crippen LogP contribution in [0.2, 0.25) is 0 Å². The van der Waals surface area contributed by atoms with Crippen LogP contribution in [0.3, 0.4) is 0 Å². The molecule has 1 aliphatic rings. The Kier molecular flexibility index (Phi) is 3.54. The number of esters is 1. The van der Waals surface area contributed by atoms with Gasteiger partial charge >= 0.3 is 12.1 Å². The molecule has 3 nitrogen and oxygen atoms in total. The molecule has 20 heavy (non-hydrogen) atoms. The first kappa shape index (κ1) is 14.8. The summed E-state index contributed by atoms with van der Waals surface area (Å²) < 4.78 is 42.5. The van der Waals surface area contributed by atoms with Gasteiger partial charge in [0.15, 0.2) is 0 Å². The molecule has 1 heterocycles. The molecule has 0 saturated carbocycles. The third-order valence-corrected chi connectivity index (χ3v) is 2.84. The fraction of sp³-hybridized carbons (Fsp3) is 0.500. The molecule has 1 saturated heterocycles. The van der Waals surface area contributed by atoms with Crippen LogP contribution in [0.5, 0.6) is 0 Å². The van der Waals surface area contributed by atoms with Crippen molar-refractivity contribution in [2.45, 2.75) is 44.6 Å². The fourth-order valence-electron chi connectivity index (χ4n) is 1.88. The minimum Gasteiger partial charge on any atom is -0.459 e. The van der Waals surface area contributed by atoms with Gasteiger partial charge in [0, 0.05) is 0 Å². The lowest BCUT2D eigenvalue weighted by Gasteiger charge is -2.19. The maximum Gasteiger partial charge on any atom is 0.416 e. The van der Waals surface area contributed by atoms with E-state index in [1.165, 1.54) is 12.1 Å². The zero-order valence-corrected chi connectivity index (χ0v) is 11.4. The summed E-state index contributed by atoms with van der Waals surface area (Å²) in [6, 6.07) is 4.04. The van der Waals surface area contributed by atoms with Crippen molar-refractivity contribution in [3.05, 3.63) is 35.4 Å². The molecule has 0 unspecified atom stereocenters. The summed E-state index contributed by atoms with van der Waals surface area (Å²) >= 11 is 0. The van der Waals surface area contributed by atoms with Crippen LogP contribution in [0.4, 0.5) is 13.2 Å². The van der Waals surface area contributed by atoms with Crippen molar-refractivity contribution < 1.29 is 22.7 Å². The SMILES string of the molecule is CC(C)(C)OC(=O)[C@H]1N[C@@H]1c1ccc(C(F)(F)F)cc1. The average Bonchev–Trinajstić information content (AvgIpc) is 3.05. The Morgan fingerprint density at radius 3 is 2.15 bits per heavy atom. The number of carbonyl (C=O) groups is 1. The van der Waals surface area contributed by atoms with E-state index in [1.807, 2.05) is 0 Å². The molecule has 2 rings (SSSR count). The van der Waals surface area contributed by atoms with Gasteiger partial charge in [0.05, 0.1) is 11.6 Å². The normalized spacial score (nSPS) is 22.5. The number of halogens is 3. The van der Waals surface area contributed by atoms with Crippen LogP contribution in [-0.2, 0) is 15.7 Å². The van der Waals surface area contributed by atoms with Crippen LogP contribution >= 0.6 is 0 Å². The highest BCUT2D eigenvalue weighted by Crippen LogP contribution is 2.34. The molecule has 1 aliphatic heterocycles. The lowest BCUT2D eigenvalue weighted by Crippen LogP contribution is -2.27. The van der Waals surface area contributed by atoms with E-state index < -0.39 is 23.4 Å². The zero-order chi connectivity index (χ0) is 15.1. The number of benzene rings is 1. The monoisotopic (exact) mass is 287 g/mol. The Balaban J connectivity index is 2.00. The van der Waals surface area contributed by atoms with Crippen molar-refractivity contribution in [2.75, 3.05) is 0 Å². The maximum absolute atomic E-state index is 12.4. The third-order valence-electron chi connectivity index (χ3n) is 2.84. The Morgan fingerprint density at radius 2 is 1.70 bits per heavy atom. The minimum atomic E-state index is -4.35.